The SMILES string of the molecule is CC(C)(c1ccc(O)cc1)c1ccc(O)cc1.N#CCl. The molecule has 20 heavy (non-hydrogen) atoms. The molecule has 0 saturated carbocycles. The van der Waals surface area contributed by atoms with Gasteiger partial charge in [-0.05, 0) is 35.4 Å². The van der Waals surface area contributed by atoms with Gasteiger partial charge in [0.15, 0.2) is 5.53 Å². The van der Waals surface area contributed by atoms with Crippen molar-refractivity contribution in [1.82, 2.24) is 0 Å². The summed E-state index contributed by atoms with van der Waals surface area (Å²) in [5.74, 6) is 0.547. The van der Waals surface area contributed by atoms with Gasteiger partial charge in [0.05, 0.1) is 0 Å². The van der Waals surface area contributed by atoms with Gasteiger partial charge in [0.25, 0.3) is 0 Å². The summed E-state index contributed by atoms with van der Waals surface area (Å²) >= 11 is 4.30. The number of benzene rings is 2. The average Bonchev–Trinajstić information content (AvgIpc) is 2.40. The zero-order chi connectivity index (χ0) is 15.2. The largest absolute Gasteiger partial charge is 0.508 e. The number of hydrogen-bond acceptors (Lipinski definition) is 3. The molecule has 3 nitrogen and oxygen atoms in total. The Morgan fingerprint density at radius 2 is 1.10 bits per heavy atom. The molecule has 104 valence electrons. The van der Waals surface area contributed by atoms with Gasteiger partial charge in [-0.1, -0.05) is 38.1 Å². The second kappa shape index (κ2) is 6.83. The van der Waals surface area contributed by atoms with Crippen LogP contribution in [-0.4, -0.2) is 10.2 Å². The van der Waals surface area contributed by atoms with Gasteiger partial charge < -0.3 is 10.2 Å². The molecule has 0 atom stereocenters. The molecule has 0 amide bonds. The Morgan fingerprint density at radius 3 is 1.35 bits per heavy atom. The smallest absolute Gasteiger partial charge is 0.173 e. The normalized spacial score (nSPS) is 10.1. The summed E-state index contributed by atoms with van der Waals surface area (Å²) in [6, 6.07) is 14.4. The maximum absolute atomic E-state index is 9.30. The topological polar surface area (TPSA) is 64.2 Å². The van der Waals surface area contributed by atoms with Crippen molar-refractivity contribution in [3.8, 4) is 17.0 Å². The number of hydrogen-bond donors (Lipinski definition) is 2. The first-order chi connectivity index (χ1) is 9.41. The van der Waals surface area contributed by atoms with Crippen LogP contribution in [0.4, 0.5) is 0 Å². The van der Waals surface area contributed by atoms with E-state index < -0.39 is 0 Å². The zero-order valence-corrected chi connectivity index (χ0v) is 12.1. The van der Waals surface area contributed by atoms with Gasteiger partial charge in [0.2, 0.25) is 0 Å². The number of nitrogens with zero attached hydrogens (tertiary/aromatic N) is 1. The highest BCUT2D eigenvalue weighted by molar-refractivity contribution is 6.28. The summed E-state index contributed by atoms with van der Waals surface area (Å²) in [4.78, 5) is 0. The van der Waals surface area contributed by atoms with Gasteiger partial charge in [-0.25, -0.2) is 0 Å². The lowest BCUT2D eigenvalue weighted by atomic mass is 9.78. The molecule has 0 radical (unpaired) electrons. The van der Waals surface area contributed by atoms with E-state index in [1.165, 1.54) is 5.53 Å². The molecule has 0 bridgehead atoms. The molecule has 0 heterocycles. The Labute approximate surface area is 123 Å². The van der Waals surface area contributed by atoms with Crippen LogP contribution in [-0.2, 0) is 5.41 Å². The number of rotatable bonds is 2. The van der Waals surface area contributed by atoms with E-state index in [-0.39, 0.29) is 16.9 Å². The molecule has 2 aromatic rings. The molecular formula is C16H16ClNO2. The highest BCUT2D eigenvalue weighted by Crippen LogP contribution is 2.32. The van der Waals surface area contributed by atoms with E-state index >= 15 is 0 Å². The first-order valence-corrected chi connectivity index (χ1v) is 6.38. The predicted molar refractivity (Wildman–Crippen MR) is 79.8 cm³/mol. The Bertz CT molecular complexity index is 536. The van der Waals surface area contributed by atoms with E-state index in [1.807, 2.05) is 24.3 Å². The standard InChI is InChI=1S/C15H16O2.CClN/c1-15(2,11-3-7-13(16)8-4-11)12-5-9-14(17)10-6-12;2-1-3/h3-10,16-17H,1-2H3;. The third-order valence-corrected chi connectivity index (χ3v) is 3.18. The van der Waals surface area contributed by atoms with Crippen molar-refractivity contribution in [2.24, 2.45) is 0 Å². The van der Waals surface area contributed by atoms with Gasteiger partial charge >= 0.3 is 0 Å². The summed E-state index contributed by atoms with van der Waals surface area (Å²) < 4.78 is 0. The zero-order valence-electron chi connectivity index (χ0n) is 11.3. The van der Waals surface area contributed by atoms with Crippen LogP contribution < -0.4 is 0 Å². The first-order valence-electron chi connectivity index (χ1n) is 6.00. The Morgan fingerprint density at radius 1 is 0.850 bits per heavy atom. The van der Waals surface area contributed by atoms with Crippen LogP contribution in [0, 0.1) is 10.8 Å². The lowest BCUT2D eigenvalue weighted by Gasteiger charge is -2.26. The van der Waals surface area contributed by atoms with E-state index in [9.17, 15) is 10.2 Å². The third-order valence-electron chi connectivity index (χ3n) is 3.18. The van der Waals surface area contributed by atoms with Crippen molar-refractivity contribution in [2.75, 3.05) is 0 Å². The minimum atomic E-state index is -0.151. The minimum absolute atomic E-state index is 0.151. The first kappa shape index (κ1) is 15.9. The maximum atomic E-state index is 9.30. The molecule has 0 aliphatic heterocycles. The fraction of sp³-hybridized carbons (Fsp3) is 0.188. The molecule has 2 N–H and O–H groups in total. The monoisotopic (exact) mass is 289 g/mol. The van der Waals surface area contributed by atoms with Crippen LogP contribution in [0.5, 0.6) is 11.5 Å². The quantitative estimate of drug-likeness (QED) is 0.873. The number of nitriles is 1. The molecule has 0 fully saturated rings. The Hall–Kier alpha value is -2.18. The number of aromatic hydroxyl groups is 2. The van der Waals surface area contributed by atoms with Gasteiger partial charge in [0.1, 0.15) is 11.5 Å². The van der Waals surface area contributed by atoms with Crippen molar-refractivity contribution < 1.29 is 10.2 Å². The van der Waals surface area contributed by atoms with Crippen LogP contribution in [0.3, 0.4) is 0 Å². The number of phenolic OH excluding ortho intramolecular Hbond substituents is 2. The van der Waals surface area contributed by atoms with E-state index in [2.05, 4.69) is 25.4 Å². The Balaban J connectivity index is 0.000000612. The van der Waals surface area contributed by atoms with E-state index in [1.54, 1.807) is 24.3 Å². The minimum Gasteiger partial charge on any atom is -0.508 e. The molecule has 0 saturated heterocycles. The highest BCUT2D eigenvalue weighted by atomic mass is 35.5. The van der Waals surface area contributed by atoms with Crippen LogP contribution in [0.2, 0.25) is 0 Å². The molecule has 0 spiro atoms. The maximum Gasteiger partial charge on any atom is 0.173 e. The molecular weight excluding hydrogens is 274 g/mol. The molecule has 2 rings (SSSR count). The fourth-order valence-electron chi connectivity index (χ4n) is 1.92. The molecule has 4 heteroatoms. The van der Waals surface area contributed by atoms with Crippen LogP contribution in [0.1, 0.15) is 25.0 Å². The van der Waals surface area contributed by atoms with Crippen molar-refractivity contribution in [2.45, 2.75) is 19.3 Å². The summed E-state index contributed by atoms with van der Waals surface area (Å²) in [7, 11) is 0. The van der Waals surface area contributed by atoms with Crippen molar-refractivity contribution in [1.29, 1.82) is 5.26 Å². The highest BCUT2D eigenvalue weighted by Gasteiger charge is 2.22. The van der Waals surface area contributed by atoms with Crippen molar-refractivity contribution in [3.05, 3.63) is 59.7 Å². The second-order valence-corrected chi connectivity index (χ2v) is 4.97. The summed E-state index contributed by atoms with van der Waals surface area (Å²) in [6.45, 7) is 4.23. The van der Waals surface area contributed by atoms with Crippen LogP contribution in [0.15, 0.2) is 48.5 Å². The van der Waals surface area contributed by atoms with Crippen molar-refractivity contribution >= 4 is 11.6 Å². The Kier molecular flexibility index (Phi) is 5.42. The molecule has 0 aromatic heterocycles. The summed E-state index contributed by atoms with van der Waals surface area (Å²) in [6.07, 6.45) is 0. The summed E-state index contributed by atoms with van der Waals surface area (Å²) in [5, 5.41) is 25.7. The third kappa shape index (κ3) is 3.91. The molecule has 0 unspecified atom stereocenters. The molecule has 0 aliphatic carbocycles. The van der Waals surface area contributed by atoms with Crippen molar-refractivity contribution in [3.63, 3.8) is 0 Å². The van der Waals surface area contributed by atoms with Gasteiger partial charge in [0, 0.05) is 17.0 Å². The van der Waals surface area contributed by atoms with E-state index in [4.69, 9.17) is 5.26 Å². The van der Waals surface area contributed by atoms with Gasteiger partial charge in [-0.15, -0.1) is 0 Å². The molecule has 0 aliphatic rings. The lowest BCUT2D eigenvalue weighted by molar-refractivity contribution is 0.474. The van der Waals surface area contributed by atoms with Crippen LogP contribution in [0.25, 0.3) is 0 Å². The van der Waals surface area contributed by atoms with Gasteiger partial charge in [-0.3, -0.25) is 0 Å². The van der Waals surface area contributed by atoms with E-state index in [0.29, 0.717) is 0 Å². The van der Waals surface area contributed by atoms with E-state index in [0.717, 1.165) is 11.1 Å². The number of phenols is 2. The van der Waals surface area contributed by atoms with Crippen LogP contribution >= 0.6 is 11.6 Å². The average molecular weight is 290 g/mol. The summed E-state index contributed by atoms with van der Waals surface area (Å²) in [5.41, 5.74) is 3.32. The fourth-order valence-corrected chi connectivity index (χ4v) is 1.92. The van der Waals surface area contributed by atoms with Gasteiger partial charge in [-0.2, -0.15) is 5.26 Å². The second-order valence-electron chi connectivity index (χ2n) is 4.80. The predicted octanol–water partition coefficient (Wildman–Crippen LogP) is 4.13. The number of halogens is 1. The lowest BCUT2D eigenvalue weighted by Crippen LogP contribution is -2.18. The molecule has 2 aromatic carbocycles.